The number of carbonyl (C=O) groups is 1. The van der Waals surface area contributed by atoms with Gasteiger partial charge in [-0.15, -0.1) is 0 Å². The van der Waals surface area contributed by atoms with Crippen molar-refractivity contribution in [3.8, 4) is 28.4 Å². The van der Waals surface area contributed by atoms with E-state index < -0.39 is 0 Å². The number of aryl methyl sites for hydroxylation is 1. The zero-order valence-corrected chi connectivity index (χ0v) is 21.7. The van der Waals surface area contributed by atoms with Gasteiger partial charge in [0, 0.05) is 42.5 Å². The van der Waals surface area contributed by atoms with E-state index in [0.717, 1.165) is 22.1 Å². The Morgan fingerprint density at radius 2 is 2.00 bits per heavy atom. The van der Waals surface area contributed by atoms with Crippen LogP contribution in [-0.4, -0.2) is 53.2 Å². The minimum Gasteiger partial charge on any atom is -0.491 e. The summed E-state index contributed by atoms with van der Waals surface area (Å²) >= 11 is 9.97. The van der Waals surface area contributed by atoms with Crippen LogP contribution < -0.4 is 10.1 Å². The van der Waals surface area contributed by atoms with Crippen molar-refractivity contribution >= 4 is 39.1 Å². The molecule has 0 saturated carbocycles. The predicted octanol–water partition coefficient (Wildman–Crippen LogP) is 5.72. The van der Waals surface area contributed by atoms with Crippen LogP contribution in [0.5, 0.6) is 5.75 Å². The molecule has 0 bridgehead atoms. The maximum absolute atomic E-state index is 12.8. The Kier molecular flexibility index (Phi) is 7.80. The molecule has 0 radical (unpaired) electrons. The highest BCUT2D eigenvalue weighted by Crippen LogP contribution is 2.31. The van der Waals surface area contributed by atoms with Crippen molar-refractivity contribution in [3.05, 3.63) is 75.7 Å². The molecular formula is C25H23BrClN5O3. The number of ether oxygens (including phenoxy) is 1. The predicted molar refractivity (Wildman–Crippen MR) is 139 cm³/mol. The highest BCUT2D eigenvalue weighted by atomic mass is 79.9. The van der Waals surface area contributed by atoms with Crippen molar-refractivity contribution in [2.45, 2.75) is 6.92 Å². The molecule has 10 heteroatoms. The Labute approximate surface area is 216 Å². The quantitative estimate of drug-likeness (QED) is 0.297. The van der Waals surface area contributed by atoms with Crippen LogP contribution in [0.3, 0.4) is 0 Å². The van der Waals surface area contributed by atoms with Crippen molar-refractivity contribution in [1.29, 1.82) is 0 Å². The number of halogens is 2. The third-order valence-electron chi connectivity index (χ3n) is 5.04. The lowest BCUT2D eigenvalue weighted by molar-refractivity contribution is 0.102. The number of aromatic nitrogens is 3. The van der Waals surface area contributed by atoms with Gasteiger partial charge in [-0.2, -0.15) is 4.98 Å². The Hall–Kier alpha value is -3.27. The lowest BCUT2D eigenvalue weighted by Crippen LogP contribution is -2.19. The molecule has 0 aliphatic rings. The normalized spacial score (nSPS) is 11.0. The molecule has 2 aromatic heterocycles. The second kappa shape index (κ2) is 11.0. The van der Waals surface area contributed by atoms with Gasteiger partial charge in [0.2, 0.25) is 11.7 Å². The first-order valence-electron chi connectivity index (χ1n) is 10.8. The molecule has 0 aliphatic heterocycles. The monoisotopic (exact) mass is 555 g/mol. The van der Waals surface area contributed by atoms with Gasteiger partial charge in [0.15, 0.2) is 0 Å². The molecule has 4 aromatic rings. The summed E-state index contributed by atoms with van der Waals surface area (Å²) in [5.41, 5.74) is 3.16. The zero-order valence-electron chi connectivity index (χ0n) is 19.4. The number of amides is 1. The van der Waals surface area contributed by atoms with Gasteiger partial charge < -0.3 is 19.5 Å². The smallest absolute Gasteiger partial charge is 0.257 e. The molecule has 0 aliphatic carbocycles. The SMILES string of the molecule is Cc1nc(-c2ccc(-c3ccc(C(=O)Nc4ccc(Br)c(OCCN(C)C)c4)cn3)c(Cl)c2)no1. The number of pyridine rings is 1. The molecule has 2 heterocycles. The molecule has 0 unspecified atom stereocenters. The van der Waals surface area contributed by atoms with E-state index in [1.54, 1.807) is 37.3 Å². The number of carbonyl (C=O) groups excluding carboxylic acids is 1. The van der Waals surface area contributed by atoms with E-state index in [9.17, 15) is 4.79 Å². The fourth-order valence-electron chi connectivity index (χ4n) is 3.20. The summed E-state index contributed by atoms with van der Waals surface area (Å²) in [7, 11) is 3.96. The van der Waals surface area contributed by atoms with E-state index in [2.05, 4.69) is 36.4 Å². The number of rotatable bonds is 8. The molecule has 0 atom stereocenters. The zero-order chi connectivity index (χ0) is 24.9. The van der Waals surface area contributed by atoms with Crippen molar-refractivity contribution in [2.24, 2.45) is 0 Å². The molecule has 8 nitrogen and oxygen atoms in total. The van der Waals surface area contributed by atoms with Gasteiger partial charge in [-0.3, -0.25) is 9.78 Å². The van der Waals surface area contributed by atoms with Crippen LogP contribution >= 0.6 is 27.5 Å². The third kappa shape index (κ3) is 6.25. The second-order valence-electron chi connectivity index (χ2n) is 8.01. The van der Waals surface area contributed by atoms with E-state index >= 15 is 0 Å². The fraction of sp³-hybridized carbons (Fsp3) is 0.200. The topological polar surface area (TPSA) is 93.4 Å². The number of benzene rings is 2. The summed E-state index contributed by atoms with van der Waals surface area (Å²) < 4.78 is 11.7. The lowest BCUT2D eigenvalue weighted by atomic mass is 10.1. The van der Waals surface area contributed by atoms with E-state index in [4.69, 9.17) is 20.9 Å². The van der Waals surface area contributed by atoms with Gasteiger partial charge in [-0.05, 0) is 60.4 Å². The van der Waals surface area contributed by atoms with Crippen LogP contribution in [0.4, 0.5) is 5.69 Å². The standard InChI is InChI=1S/C25H23BrClN5O3/c1-15-29-24(31-35-15)16-4-7-19(21(27)12-16)22-9-5-17(14-28-22)25(33)30-18-6-8-20(26)23(13-18)34-11-10-32(2)3/h4-9,12-14H,10-11H2,1-3H3,(H,30,33). The summed E-state index contributed by atoms with van der Waals surface area (Å²) in [6, 6.07) is 14.3. The largest absolute Gasteiger partial charge is 0.491 e. The van der Waals surface area contributed by atoms with Crippen LogP contribution in [0.15, 0.2) is 63.7 Å². The molecule has 4 rings (SSSR count). The summed E-state index contributed by atoms with van der Waals surface area (Å²) in [5.74, 6) is 1.33. The highest BCUT2D eigenvalue weighted by Gasteiger charge is 2.13. The molecule has 1 N–H and O–H groups in total. The fourth-order valence-corrected chi connectivity index (χ4v) is 3.84. The summed E-state index contributed by atoms with van der Waals surface area (Å²) in [4.78, 5) is 23.5. The highest BCUT2D eigenvalue weighted by molar-refractivity contribution is 9.10. The number of nitrogens with one attached hydrogen (secondary N) is 1. The lowest BCUT2D eigenvalue weighted by Gasteiger charge is -2.13. The second-order valence-corrected chi connectivity index (χ2v) is 9.28. The van der Waals surface area contributed by atoms with E-state index in [0.29, 0.717) is 46.0 Å². The Morgan fingerprint density at radius 1 is 1.17 bits per heavy atom. The summed E-state index contributed by atoms with van der Waals surface area (Å²) in [5, 5.41) is 7.29. The molecule has 0 fully saturated rings. The molecule has 35 heavy (non-hydrogen) atoms. The van der Waals surface area contributed by atoms with E-state index in [1.807, 2.05) is 37.2 Å². The van der Waals surface area contributed by atoms with Crippen molar-refractivity contribution < 1.29 is 14.1 Å². The Balaban J connectivity index is 1.45. The van der Waals surface area contributed by atoms with Gasteiger partial charge in [0.05, 0.1) is 20.8 Å². The van der Waals surface area contributed by atoms with Crippen LogP contribution in [0.2, 0.25) is 5.02 Å². The van der Waals surface area contributed by atoms with E-state index in [-0.39, 0.29) is 5.91 Å². The van der Waals surface area contributed by atoms with Gasteiger partial charge in [0.1, 0.15) is 12.4 Å². The van der Waals surface area contributed by atoms with Crippen LogP contribution in [0, 0.1) is 6.92 Å². The van der Waals surface area contributed by atoms with Crippen molar-refractivity contribution in [3.63, 3.8) is 0 Å². The van der Waals surface area contributed by atoms with Gasteiger partial charge >= 0.3 is 0 Å². The summed E-state index contributed by atoms with van der Waals surface area (Å²) in [6.45, 7) is 3.04. The van der Waals surface area contributed by atoms with Gasteiger partial charge in [0.25, 0.3) is 5.91 Å². The Morgan fingerprint density at radius 3 is 2.66 bits per heavy atom. The number of hydrogen-bond acceptors (Lipinski definition) is 7. The van der Waals surface area contributed by atoms with Crippen molar-refractivity contribution in [2.75, 3.05) is 32.6 Å². The van der Waals surface area contributed by atoms with Gasteiger partial charge in [-0.25, -0.2) is 0 Å². The number of hydrogen-bond donors (Lipinski definition) is 1. The number of anilines is 1. The van der Waals surface area contributed by atoms with Crippen LogP contribution in [0.25, 0.3) is 22.6 Å². The maximum Gasteiger partial charge on any atom is 0.257 e. The molecule has 0 spiro atoms. The molecule has 2 aromatic carbocycles. The minimum absolute atomic E-state index is 0.278. The first-order chi connectivity index (χ1) is 16.8. The molecule has 1 amide bonds. The molecule has 180 valence electrons. The first kappa shape index (κ1) is 24.8. The average molecular weight is 557 g/mol. The average Bonchev–Trinajstić information content (AvgIpc) is 3.27. The maximum atomic E-state index is 12.8. The van der Waals surface area contributed by atoms with Crippen LogP contribution in [0.1, 0.15) is 16.2 Å². The van der Waals surface area contributed by atoms with E-state index in [1.165, 1.54) is 6.20 Å². The third-order valence-corrected chi connectivity index (χ3v) is 6.01. The van der Waals surface area contributed by atoms with Gasteiger partial charge in [-0.1, -0.05) is 28.9 Å². The number of nitrogens with zero attached hydrogens (tertiary/aromatic N) is 4. The molecule has 0 saturated heterocycles. The molecular weight excluding hydrogens is 534 g/mol. The first-order valence-corrected chi connectivity index (χ1v) is 11.9. The van der Waals surface area contributed by atoms with Crippen LogP contribution in [-0.2, 0) is 0 Å². The minimum atomic E-state index is -0.278. The van der Waals surface area contributed by atoms with Crippen molar-refractivity contribution in [1.82, 2.24) is 20.0 Å². The Bertz CT molecular complexity index is 1340. The summed E-state index contributed by atoms with van der Waals surface area (Å²) in [6.07, 6.45) is 1.52. The number of likely N-dealkylation sites (N-methyl/N-ethyl adjacent to an activating group) is 1.